The van der Waals surface area contributed by atoms with E-state index in [0.717, 1.165) is 30.5 Å². The van der Waals surface area contributed by atoms with Crippen LogP contribution in [0.25, 0.3) is 0 Å². The van der Waals surface area contributed by atoms with Gasteiger partial charge in [-0.15, -0.1) is 0 Å². The van der Waals surface area contributed by atoms with Crippen LogP contribution in [0.15, 0.2) is 36.7 Å². The lowest BCUT2D eigenvalue weighted by Crippen LogP contribution is -2.35. The zero-order chi connectivity index (χ0) is 17.1. The minimum Gasteiger partial charge on any atom is -0.342 e. The second-order valence-corrected chi connectivity index (χ2v) is 6.60. The Hall–Kier alpha value is -2.17. The first-order valence-electron chi connectivity index (χ1n) is 8.60. The summed E-state index contributed by atoms with van der Waals surface area (Å²) in [5.41, 5.74) is 2.08. The maximum Gasteiger partial charge on any atom is 0.226 e. The molecule has 1 amide bonds. The summed E-state index contributed by atoms with van der Waals surface area (Å²) in [5.74, 6) is 0.384. The molecule has 3 rings (SSSR count). The first-order chi connectivity index (χ1) is 11.6. The van der Waals surface area contributed by atoms with Gasteiger partial charge in [0.05, 0.1) is 6.20 Å². The van der Waals surface area contributed by atoms with Crippen LogP contribution in [0.1, 0.15) is 36.8 Å². The maximum absolute atomic E-state index is 13.3. The summed E-state index contributed by atoms with van der Waals surface area (Å²) >= 11 is 0. The predicted octanol–water partition coefficient (Wildman–Crippen LogP) is 3.14. The van der Waals surface area contributed by atoms with Crippen LogP contribution in [0.5, 0.6) is 0 Å². The summed E-state index contributed by atoms with van der Waals surface area (Å²) in [6.07, 6.45) is 6.38. The van der Waals surface area contributed by atoms with Gasteiger partial charge >= 0.3 is 0 Å². The number of amides is 1. The van der Waals surface area contributed by atoms with Crippen LogP contribution in [0, 0.1) is 11.7 Å². The number of aryl methyl sites for hydroxylation is 1. The van der Waals surface area contributed by atoms with Crippen LogP contribution in [-0.2, 0) is 18.3 Å². The molecule has 1 aromatic carbocycles. The Bertz CT molecular complexity index is 712. The Morgan fingerprint density at radius 3 is 2.92 bits per heavy atom. The molecule has 2 atom stereocenters. The first-order valence-corrected chi connectivity index (χ1v) is 8.60. The van der Waals surface area contributed by atoms with E-state index in [9.17, 15) is 9.18 Å². The third-order valence-corrected chi connectivity index (χ3v) is 4.63. The molecular weight excluding hydrogens is 305 g/mol. The zero-order valence-corrected chi connectivity index (χ0v) is 14.3. The molecular formula is C19H24FN3O. The van der Waals surface area contributed by atoms with E-state index in [0.29, 0.717) is 18.9 Å². The fourth-order valence-corrected chi connectivity index (χ4v) is 3.26. The molecule has 0 unspecified atom stereocenters. The molecule has 2 aromatic rings. The Balaban J connectivity index is 1.60. The number of benzene rings is 1. The van der Waals surface area contributed by atoms with E-state index in [2.05, 4.69) is 12.0 Å². The summed E-state index contributed by atoms with van der Waals surface area (Å²) in [6, 6.07) is 6.62. The van der Waals surface area contributed by atoms with Crippen LogP contribution in [0.2, 0.25) is 0 Å². The van der Waals surface area contributed by atoms with Crippen molar-refractivity contribution in [2.75, 3.05) is 13.1 Å². The van der Waals surface area contributed by atoms with Crippen LogP contribution in [-0.4, -0.2) is 33.7 Å². The van der Waals surface area contributed by atoms with E-state index in [4.69, 9.17) is 0 Å². The van der Waals surface area contributed by atoms with Crippen molar-refractivity contribution < 1.29 is 9.18 Å². The summed E-state index contributed by atoms with van der Waals surface area (Å²) in [6.45, 7) is 3.48. The summed E-state index contributed by atoms with van der Waals surface area (Å²) < 4.78 is 15.1. The van der Waals surface area contributed by atoms with Gasteiger partial charge in [0, 0.05) is 32.3 Å². The number of hydrogen-bond donors (Lipinski definition) is 0. The van der Waals surface area contributed by atoms with Crippen LogP contribution in [0.3, 0.4) is 0 Å². The summed E-state index contributed by atoms with van der Waals surface area (Å²) in [7, 11) is 1.89. The molecule has 1 saturated carbocycles. The molecule has 4 nitrogen and oxygen atoms in total. The number of aromatic nitrogens is 2. The quantitative estimate of drug-likeness (QED) is 0.783. The molecule has 128 valence electrons. The number of carbonyl (C=O) groups is 1. The topological polar surface area (TPSA) is 38.1 Å². The molecule has 0 N–H and O–H groups in total. The van der Waals surface area contributed by atoms with E-state index >= 15 is 0 Å². The monoisotopic (exact) mass is 329 g/mol. The molecule has 1 aliphatic rings. The number of hydrogen-bond acceptors (Lipinski definition) is 2. The van der Waals surface area contributed by atoms with Crippen molar-refractivity contribution in [3.05, 3.63) is 53.6 Å². The molecule has 0 saturated heterocycles. The maximum atomic E-state index is 13.3. The Morgan fingerprint density at radius 1 is 1.42 bits per heavy atom. The predicted molar refractivity (Wildman–Crippen MR) is 91.0 cm³/mol. The average molecular weight is 329 g/mol. The Morgan fingerprint density at radius 2 is 2.25 bits per heavy atom. The van der Waals surface area contributed by atoms with Crippen molar-refractivity contribution in [2.45, 2.75) is 32.1 Å². The molecule has 0 bridgehead atoms. The zero-order valence-electron chi connectivity index (χ0n) is 14.3. The van der Waals surface area contributed by atoms with Crippen molar-refractivity contribution in [1.29, 1.82) is 0 Å². The largest absolute Gasteiger partial charge is 0.342 e. The molecule has 0 aliphatic heterocycles. The molecule has 5 heteroatoms. The van der Waals surface area contributed by atoms with Gasteiger partial charge in [0.25, 0.3) is 0 Å². The Labute approximate surface area is 142 Å². The van der Waals surface area contributed by atoms with Crippen molar-refractivity contribution in [3.8, 4) is 0 Å². The van der Waals surface area contributed by atoms with Gasteiger partial charge in [0.1, 0.15) is 5.82 Å². The summed E-state index contributed by atoms with van der Waals surface area (Å²) in [4.78, 5) is 14.7. The molecule has 1 aromatic heterocycles. The van der Waals surface area contributed by atoms with Gasteiger partial charge in [0.2, 0.25) is 5.91 Å². The highest BCUT2D eigenvalue weighted by Crippen LogP contribution is 2.48. The van der Waals surface area contributed by atoms with Gasteiger partial charge in [0.15, 0.2) is 0 Å². The third-order valence-electron chi connectivity index (χ3n) is 4.63. The minimum absolute atomic E-state index is 0.0771. The SMILES string of the molecule is CCCN(CCc1cccc(F)c1)C(=O)[C@H]1C[C@H]1c1cnn(C)c1. The third kappa shape index (κ3) is 3.83. The fourth-order valence-electron chi connectivity index (χ4n) is 3.26. The highest BCUT2D eigenvalue weighted by atomic mass is 19.1. The fraction of sp³-hybridized carbons (Fsp3) is 0.474. The lowest BCUT2D eigenvalue weighted by atomic mass is 10.1. The molecule has 1 fully saturated rings. The minimum atomic E-state index is -0.222. The molecule has 1 aliphatic carbocycles. The Kier molecular flexibility index (Phi) is 4.97. The molecule has 1 heterocycles. The highest BCUT2D eigenvalue weighted by molar-refractivity contribution is 5.83. The number of rotatable bonds is 7. The van der Waals surface area contributed by atoms with Crippen molar-refractivity contribution >= 4 is 5.91 Å². The average Bonchev–Trinajstić information content (AvgIpc) is 3.25. The van der Waals surface area contributed by atoms with Crippen LogP contribution < -0.4 is 0 Å². The van der Waals surface area contributed by atoms with E-state index in [1.54, 1.807) is 16.8 Å². The second kappa shape index (κ2) is 7.16. The van der Waals surface area contributed by atoms with Gasteiger partial charge in [-0.2, -0.15) is 5.10 Å². The van der Waals surface area contributed by atoms with E-state index in [1.165, 1.54) is 6.07 Å². The van der Waals surface area contributed by atoms with E-state index in [-0.39, 0.29) is 17.6 Å². The summed E-state index contributed by atoms with van der Waals surface area (Å²) in [5, 5.41) is 4.19. The van der Waals surface area contributed by atoms with Crippen molar-refractivity contribution in [1.82, 2.24) is 14.7 Å². The van der Waals surface area contributed by atoms with E-state index < -0.39 is 0 Å². The smallest absolute Gasteiger partial charge is 0.226 e. The van der Waals surface area contributed by atoms with Crippen molar-refractivity contribution in [3.63, 3.8) is 0 Å². The number of halogens is 1. The van der Waals surface area contributed by atoms with Gasteiger partial charge in [-0.05, 0) is 48.4 Å². The molecule has 0 radical (unpaired) electrons. The normalized spacial score (nSPS) is 19.3. The number of nitrogens with zero attached hydrogens (tertiary/aromatic N) is 3. The van der Waals surface area contributed by atoms with Crippen LogP contribution >= 0.6 is 0 Å². The lowest BCUT2D eigenvalue weighted by molar-refractivity contribution is -0.132. The number of carbonyl (C=O) groups excluding carboxylic acids is 1. The van der Waals surface area contributed by atoms with Gasteiger partial charge in [-0.1, -0.05) is 19.1 Å². The molecule has 24 heavy (non-hydrogen) atoms. The van der Waals surface area contributed by atoms with E-state index in [1.807, 2.05) is 30.4 Å². The standard InChI is InChI=1S/C19H24FN3O/c1-3-8-23(9-7-14-5-4-6-16(20)10-14)19(24)18-11-17(18)15-12-21-22(2)13-15/h4-6,10,12-13,17-18H,3,7-9,11H2,1-2H3/t17-,18-/m0/s1. The second-order valence-electron chi connectivity index (χ2n) is 6.60. The van der Waals surface area contributed by atoms with Gasteiger partial charge in [-0.25, -0.2) is 4.39 Å². The highest BCUT2D eigenvalue weighted by Gasteiger charge is 2.46. The van der Waals surface area contributed by atoms with Crippen molar-refractivity contribution in [2.24, 2.45) is 13.0 Å². The van der Waals surface area contributed by atoms with Crippen LogP contribution in [0.4, 0.5) is 4.39 Å². The van der Waals surface area contributed by atoms with Gasteiger partial charge in [-0.3, -0.25) is 9.48 Å². The van der Waals surface area contributed by atoms with Gasteiger partial charge < -0.3 is 4.90 Å². The first kappa shape index (κ1) is 16.7. The molecule has 0 spiro atoms. The lowest BCUT2D eigenvalue weighted by Gasteiger charge is -2.22.